The summed E-state index contributed by atoms with van der Waals surface area (Å²) in [6.45, 7) is 7.83. The lowest BCUT2D eigenvalue weighted by atomic mass is 10.2. The molecule has 0 N–H and O–H groups in total. The zero-order chi connectivity index (χ0) is 22.7. The average Bonchev–Trinajstić information content (AvgIpc) is 2.75. The number of aromatic nitrogens is 2. The van der Waals surface area contributed by atoms with Gasteiger partial charge in [0.25, 0.3) is 5.56 Å². The maximum atomic E-state index is 13.2. The zero-order valence-electron chi connectivity index (χ0n) is 17.2. The summed E-state index contributed by atoms with van der Waals surface area (Å²) in [5.41, 5.74) is 0.980. The van der Waals surface area contributed by atoms with E-state index in [1.54, 1.807) is 18.2 Å². The first-order valence-electron chi connectivity index (χ1n) is 9.34. The van der Waals surface area contributed by atoms with Crippen LogP contribution in [0.1, 0.15) is 31.2 Å². The van der Waals surface area contributed by atoms with Crippen LogP contribution in [0.5, 0.6) is 11.5 Å². The fraction of sp³-hybridized carbons (Fsp3) is 0.227. The summed E-state index contributed by atoms with van der Waals surface area (Å²) < 4.78 is 13.7. The number of hydrogen-bond acceptors (Lipinski definition) is 5. The minimum absolute atomic E-state index is 0.0193. The number of benzene rings is 2. The molecule has 0 aliphatic heterocycles. The molecule has 0 aliphatic carbocycles. The van der Waals surface area contributed by atoms with Crippen LogP contribution in [0.3, 0.4) is 0 Å². The number of methoxy groups -OCH3 is 1. The van der Waals surface area contributed by atoms with Crippen molar-refractivity contribution in [2.24, 2.45) is 5.10 Å². The van der Waals surface area contributed by atoms with Gasteiger partial charge in [-0.1, -0.05) is 54.0 Å². The molecule has 3 rings (SSSR count). The molecule has 31 heavy (non-hydrogen) atoms. The number of nitrogens with zero attached hydrogens (tertiary/aromatic N) is 3. The molecule has 0 saturated heterocycles. The van der Waals surface area contributed by atoms with Crippen LogP contribution in [-0.2, 0) is 0 Å². The van der Waals surface area contributed by atoms with Crippen molar-refractivity contribution in [3.63, 3.8) is 0 Å². The van der Waals surface area contributed by atoms with E-state index >= 15 is 0 Å². The fourth-order valence-corrected chi connectivity index (χ4v) is 3.91. The quantitative estimate of drug-likeness (QED) is 0.253. The van der Waals surface area contributed by atoms with E-state index in [9.17, 15) is 4.79 Å². The summed E-state index contributed by atoms with van der Waals surface area (Å²) in [4.78, 5) is 17.8. The second-order valence-electron chi connectivity index (χ2n) is 6.87. The lowest BCUT2D eigenvalue weighted by Gasteiger charge is -2.14. The summed E-state index contributed by atoms with van der Waals surface area (Å²) in [5, 5.41) is 5.25. The van der Waals surface area contributed by atoms with Crippen molar-refractivity contribution in [2.75, 3.05) is 13.7 Å². The number of halogens is 3. The number of ether oxygens (including phenoxy) is 2. The molecule has 6 nitrogen and oxygen atoms in total. The van der Waals surface area contributed by atoms with Gasteiger partial charge in [0.2, 0.25) is 0 Å². The Labute approximate surface area is 201 Å². The summed E-state index contributed by atoms with van der Waals surface area (Å²) >= 11 is 13.4. The molecule has 3 aromatic rings. The molecule has 0 radical (unpaired) electrons. The number of rotatable bonds is 7. The second-order valence-corrected chi connectivity index (χ2v) is 8.96. The molecular formula is C22H20Br2ClN3O3. The van der Waals surface area contributed by atoms with Gasteiger partial charge in [-0.25, -0.2) is 4.98 Å². The van der Waals surface area contributed by atoms with Gasteiger partial charge in [-0.05, 0) is 40.2 Å². The third-order valence-corrected chi connectivity index (χ3v) is 6.32. The molecule has 0 bridgehead atoms. The van der Waals surface area contributed by atoms with Crippen LogP contribution in [0, 0.1) is 0 Å². The highest BCUT2D eigenvalue weighted by Crippen LogP contribution is 2.42. The Morgan fingerprint density at radius 2 is 2.06 bits per heavy atom. The summed E-state index contributed by atoms with van der Waals surface area (Å²) in [7, 11) is 1.52. The largest absolute Gasteiger partial charge is 0.493 e. The Balaban J connectivity index is 2.16. The van der Waals surface area contributed by atoms with Gasteiger partial charge < -0.3 is 9.47 Å². The standard InChI is InChI=1S/C22H20Br2ClN3O3/c1-5-8-31-20-17(30-4)9-13(18(24)19(20)25)11-26-28-21(12(2)3)27-16-7-6-14(23)10-15(16)22(28)29/h5-7,9-12H,1,8H2,2-4H3. The van der Waals surface area contributed by atoms with E-state index < -0.39 is 0 Å². The maximum absolute atomic E-state index is 13.2. The normalized spacial score (nSPS) is 11.5. The molecule has 0 saturated carbocycles. The van der Waals surface area contributed by atoms with Crippen molar-refractivity contribution in [1.82, 2.24) is 9.66 Å². The van der Waals surface area contributed by atoms with Crippen LogP contribution < -0.4 is 15.0 Å². The highest BCUT2D eigenvalue weighted by atomic mass is 79.9. The van der Waals surface area contributed by atoms with E-state index in [-0.39, 0.29) is 18.1 Å². The van der Waals surface area contributed by atoms with Crippen LogP contribution in [0.15, 0.2) is 55.8 Å². The van der Waals surface area contributed by atoms with Crippen molar-refractivity contribution < 1.29 is 9.47 Å². The van der Waals surface area contributed by atoms with Gasteiger partial charge in [0, 0.05) is 20.4 Å². The van der Waals surface area contributed by atoms with Crippen molar-refractivity contribution in [3.05, 3.63) is 72.6 Å². The molecule has 0 spiro atoms. The first-order valence-corrected chi connectivity index (χ1v) is 11.3. The molecule has 162 valence electrons. The molecule has 1 aromatic heterocycles. The lowest BCUT2D eigenvalue weighted by Crippen LogP contribution is -2.23. The molecule has 0 atom stereocenters. The third-order valence-electron chi connectivity index (χ3n) is 4.38. The van der Waals surface area contributed by atoms with Crippen molar-refractivity contribution in [1.29, 1.82) is 0 Å². The minimum atomic E-state index is -0.258. The second kappa shape index (κ2) is 9.97. The van der Waals surface area contributed by atoms with E-state index in [2.05, 4.69) is 48.5 Å². The summed E-state index contributed by atoms with van der Waals surface area (Å²) in [6, 6.07) is 7.13. The molecule has 0 unspecified atom stereocenters. The Morgan fingerprint density at radius 1 is 1.32 bits per heavy atom. The summed E-state index contributed by atoms with van der Waals surface area (Å²) in [6.07, 6.45) is 3.15. The van der Waals surface area contributed by atoms with E-state index in [0.29, 0.717) is 43.3 Å². The highest BCUT2D eigenvalue weighted by molar-refractivity contribution is 9.10. The van der Waals surface area contributed by atoms with E-state index in [0.717, 1.165) is 4.47 Å². The van der Waals surface area contributed by atoms with E-state index in [1.165, 1.54) is 18.0 Å². The molecule has 0 amide bonds. The molecular weight excluding hydrogens is 550 g/mol. The predicted octanol–water partition coefficient (Wildman–Crippen LogP) is 6.15. The molecule has 0 aliphatic rings. The first kappa shape index (κ1) is 23.5. The Kier molecular flexibility index (Phi) is 7.56. The Hall–Kier alpha value is -2.16. The van der Waals surface area contributed by atoms with Gasteiger partial charge in [-0.2, -0.15) is 9.78 Å². The van der Waals surface area contributed by atoms with Crippen molar-refractivity contribution in [2.45, 2.75) is 19.8 Å². The summed E-state index contributed by atoms with van der Waals surface area (Å²) in [5.74, 6) is 1.36. The van der Waals surface area contributed by atoms with Crippen LogP contribution in [0.25, 0.3) is 10.9 Å². The van der Waals surface area contributed by atoms with Crippen LogP contribution in [0.2, 0.25) is 5.02 Å². The van der Waals surface area contributed by atoms with Gasteiger partial charge in [0.05, 0.1) is 24.2 Å². The lowest BCUT2D eigenvalue weighted by molar-refractivity contribution is 0.326. The van der Waals surface area contributed by atoms with E-state index in [4.69, 9.17) is 21.1 Å². The van der Waals surface area contributed by atoms with Crippen molar-refractivity contribution >= 4 is 60.6 Å². The topological polar surface area (TPSA) is 65.7 Å². The van der Waals surface area contributed by atoms with Crippen LogP contribution >= 0.6 is 43.5 Å². The average molecular weight is 570 g/mol. The van der Waals surface area contributed by atoms with E-state index in [1.807, 2.05) is 26.0 Å². The highest BCUT2D eigenvalue weighted by Gasteiger charge is 2.18. The number of fused-ring (bicyclic) bond motifs is 1. The Morgan fingerprint density at radius 3 is 2.71 bits per heavy atom. The maximum Gasteiger partial charge on any atom is 0.282 e. The Bertz CT molecular complexity index is 1240. The molecule has 1 heterocycles. The van der Waals surface area contributed by atoms with Gasteiger partial charge in [-0.3, -0.25) is 4.79 Å². The van der Waals surface area contributed by atoms with Crippen molar-refractivity contribution in [3.8, 4) is 11.5 Å². The zero-order valence-corrected chi connectivity index (χ0v) is 21.1. The van der Waals surface area contributed by atoms with Crippen LogP contribution in [-0.4, -0.2) is 29.6 Å². The predicted molar refractivity (Wildman–Crippen MR) is 132 cm³/mol. The van der Waals surface area contributed by atoms with Gasteiger partial charge >= 0.3 is 0 Å². The van der Waals surface area contributed by atoms with Gasteiger partial charge in [-0.15, -0.1) is 0 Å². The fourth-order valence-electron chi connectivity index (χ4n) is 2.90. The third kappa shape index (κ3) is 4.86. The number of hydrogen-bond donors (Lipinski definition) is 0. The van der Waals surface area contributed by atoms with Crippen LogP contribution in [0.4, 0.5) is 0 Å². The van der Waals surface area contributed by atoms with Gasteiger partial charge in [0.15, 0.2) is 11.5 Å². The minimum Gasteiger partial charge on any atom is -0.493 e. The molecule has 0 fully saturated rings. The molecule has 2 aromatic carbocycles. The SMILES string of the molecule is C=CCOc1c(OC)cc(C=Nn2c(C(C)C)nc3ccc(Br)cc3c2=O)c(Br)c1Cl. The molecule has 9 heteroatoms. The monoisotopic (exact) mass is 567 g/mol. The first-order chi connectivity index (χ1) is 14.8. The smallest absolute Gasteiger partial charge is 0.282 e. The van der Waals surface area contributed by atoms with Gasteiger partial charge in [0.1, 0.15) is 17.5 Å².